The summed E-state index contributed by atoms with van der Waals surface area (Å²) in [4.78, 5) is 31.7. The lowest BCUT2D eigenvalue weighted by molar-refractivity contribution is -0.139. The molecule has 116 valence electrons. The molecule has 1 aromatic heterocycles. The zero-order valence-corrected chi connectivity index (χ0v) is 11.7. The number of nitrogens with zero attached hydrogens (tertiary/aromatic N) is 2. The average molecular weight is 296 g/mol. The molecular weight excluding hydrogens is 276 g/mol. The van der Waals surface area contributed by atoms with Gasteiger partial charge in [0.15, 0.2) is 0 Å². The first-order valence-electron chi connectivity index (χ1n) is 7.00. The van der Waals surface area contributed by atoms with E-state index in [1.165, 1.54) is 17.4 Å². The number of hydrogen-bond donors (Lipinski definition) is 4. The molecule has 2 atom stereocenters. The Hall–Kier alpha value is -2.09. The first-order valence-corrected chi connectivity index (χ1v) is 7.00. The topological polar surface area (TPSA) is 119 Å². The van der Waals surface area contributed by atoms with E-state index in [1.807, 2.05) is 0 Å². The smallest absolute Gasteiger partial charge is 0.326 e. The Morgan fingerprint density at radius 2 is 2.33 bits per heavy atom. The Morgan fingerprint density at radius 1 is 1.52 bits per heavy atom. The second-order valence-electron chi connectivity index (χ2n) is 5.15. The summed E-state index contributed by atoms with van der Waals surface area (Å²) in [6.45, 7) is 0.430. The van der Waals surface area contributed by atoms with Gasteiger partial charge in [0, 0.05) is 24.9 Å². The number of carboxylic acid groups (broad SMARTS) is 1. The summed E-state index contributed by atoms with van der Waals surface area (Å²) in [5, 5.41) is 21.1. The van der Waals surface area contributed by atoms with Gasteiger partial charge in [0.1, 0.15) is 6.04 Å². The number of aromatic nitrogens is 2. The van der Waals surface area contributed by atoms with E-state index in [1.54, 1.807) is 0 Å². The van der Waals surface area contributed by atoms with E-state index in [2.05, 4.69) is 15.3 Å². The zero-order valence-electron chi connectivity index (χ0n) is 11.7. The molecule has 0 aromatic carbocycles. The van der Waals surface area contributed by atoms with Crippen molar-refractivity contribution >= 4 is 12.0 Å². The van der Waals surface area contributed by atoms with Gasteiger partial charge >= 0.3 is 12.0 Å². The number of nitrogens with one attached hydrogen (secondary N) is 2. The fraction of sp³-hybridized carbons (Fsp3) is 0.615. The van der Waals surface area contributed by atoms with Crippen LogP contribution < -0.4 is 5.32 Å². The highest BCUT2D eigenvalue weighted by atomic mass is 16.4. The van der Waals surface area contributed by atoms with Crippen LogP contribution in [0.5, 0.6) is 0 Å². The number of aromatic amines is 1. The molecule has 1 fully saturated rings. The summed E-state index contributed by atoms with van der Waals surface area (Å²) >= 11 is 0. The molecule has 1 aliphatic heterocycles. The summed E-state index contributed by atoms with van der Waals surface area (Å²) in [6.07, 6.45) is 5.69. The third kappa shape index (κ3) is 3.94. The summed E-state index contributed by atoms with van der Waals surface area (Å²) in [5.41, 5.74) is 0.639. The fourth-order valence-electron chi connectivity index (χ4n) is 2.51. The second kappa shape index (κ2) is 7.07. The third-order valence-corrected chi connectivity index (χ3v) is 3.67. The summed E-state index contributed by atoms with van der Waals surface area (Å²) in [5.74, 6) is -1.10. The van der Waals surface area contributed by atoms with Crippen LogP contribution in [-0.2, 0) is 11.2 Å². The largest absolute Gasteiger partial charge is 0.480 e. The number of amides is 2. The molecule has 1 aliphatic rings. The number of carboxylic acids is 1. The average Bonchev–Trinajstić information content (AvgIpc) is 2.99. The van der Waals surface area contributed by atoms with E-state index >= 15 is 0 Å². The summed E-state index contributed by atoms with van der Waals surface area (Å²) in [6, 6.07) is -1.71. The molecule has 0 aliphatic carbocycles. The Bertz CT molecular complexity index is 477. The Labute approximate surface area is 122 Å². The van der Waals surface area contributed by atoms with E-state index in [4.69, 9.17) is 0 Å². The molecule has 2 unspecified atom stereocenters. The van der Waals surface area contributed by atoms with Gasteiger partial charge in [0.05, 0.1) is 19.0 Å². The van der Waals surface area contributed by atoms with Crippen LogP contribution in [0, 0.1) is 0 Å². The molecule has 2 amide bonds. The minimum Gasteiger partial charge on any atom is -0.480 e. The van der Waals surface area contributed by atoms with Crippen molar-refractivity contribution in [3.8, 4) is 0 Å². The highest BCUT2D eigenvalue weighted by molar-refractivity contribution is 5.83. The number of aliphatic hydroxyl groups excluding tert-OH is 1. The normalized spacial score (nSPS) is 20.0. The highest BCUT2D eigenvalue weighted by Crippen LogP contribution is 2.16. The number of piperidine rings is 1. The number of imidazole rings is 1. The third-order valence-electron chi connectivity index (χ3n) is 3.67. The van der Waals surface area contributed by atoms with Gasteiger partial charge in [-0.15, -0.1) is 0 Å². The van der Waals surface area contributed by atoms with E-state index in [-0.39, 0.29) is 19.1 Å². The maximum absolute atomic E-state index is 12.2. The van der Waals surface area contributed by atoms with E-state index in [0.717, 1.165) is 19.3 Å². The molecule has 1 aromatic rings. The standard InChI is InChI=1S/C13H20N4O4/c18-7-10-3-1-2-4-17(10)13(21)16-11(12(19)20)5-9-6-14-8-15-9/h6,8,10-11,18H,1-5,7H2,(H,14,15)(H,16,21)(H,19,20). The number of aliphatic hydroxyl groups is 1. The molecule has 21 heavy (non-hydrogen) atoms. The number of carbonyl (C=O) groups is 2. The maximum atomic E-state index is 12.2. The van der Waals surface area contributed by atoms with Crippen LogP contribution in [0.1, 0.15) is 25.0 Å². The quantitative estimate of drug-likeness (QED) is 0.608. The van der Waals surface area contributed by atoms with Gasteiger partial charge in [-0.25, -0.2) is 14.6 Å². The molecule has 0 spiro atoms. The number of H-pyrrole nitrogens is 1. The van der Waals surface area contributed by atoms with Crippen molar-refractivity contribution in [1.29, 1.82) is 0 Å². The summed E-state index contributed by atoms with van der Waals surface area (Å²) < 4.78 is 0. The van der Waals surface area contributed by atoms with Gasteiger partial charge in [-0.05, 0) is 19.3 Å². The van der Waals surface area contributed by atoms with Crippen LogP contribution in [0.3, 0.4) is 0 Å². The maximum Gasteiger partial charge on any atom is 0.326 e. The number of carbonyl (C=O) groups excluding carboxylic acids is 1. The van der Waals surface area contributed by atoms with Crippen molar-refractivity contribution in [3.63, 3.8) is 0 Å². The molecule has 0 radical (unpaired) electrons. The molecule has 8 heteroatoms. The number of aliphatic carboxylic acids is 1. The molecule has 2 heterocycles. The lowest BCUT2D eigenvalue weighted by atomic mass is 10.0. The molecule has 2 rings (SSSR count). The van der Waals surface area contributed by atoms with Crippen molar-refractivity contribution in [3.05, 3.63) is 18.2 Å². The van der Waals surface area contributed by atoms with Crippen molar-refractivity contribution in [2.24, 2.45) is 0 Å². The number of rotatable bonds is 5. The predicted octanol–water partition coefficient (Wildman–Crippen LogP) is -0.0382. The number of likely N-dealkylation sites (tertiary alicyclic amines) is 1. The van der Waals surface area contributed by atoms with Gasteiger partial charge in [-0.3, -0.25) is 0 Å². The lowest BCUT2D eigenvalue weighted by Crippen LogP contribution is -2.54. The van der Waals surface area contributed by atoms with E-state index in [0.29, 0.717) is 12.2 Å². The van der Waals surface area contributed by atoms with Crippen LogP contribution in [0.15, 0.2) is 12.5 Å². The second-order valence-corrected chi connectivity index (χ2v) is 5.15. The van der Waals surface area contributed by atoms with Crippen molar-refractivity contribution in [2.45, 2.75) is 37.8 Å². The Balaban J connectivity index is 1.98. The van der Waals surface area contributed by atoms with Crippen LogP contribution >= 0.6 is 0 Å². The SMILES string of the molecule is O=C(O)C(Cc1cnc[nH]1)NC(=O)N1CCCCC1CO. The van der Waals surface area contributed by atoms with Crippen molar-refractivity contribution in [2.75, 3.05) is 13.2 Å². The lowest BCUT2D eigenvalue weighted by Gasteiger charge is -2.35. The molecular formula is C13H20N4O4. The first-order chi connectivity index (χ1) is 10.1. The van der Waals surface area contributed by atoms with Crippen molar-refractivity contribution in [1.82, 2.24) is 20.2 Å². The van der Waals surface area contributed by atoms with Gasteiger partial charge in [-0.1, -0.05) is 0 Å². The van der Waals surface area contributed by atoms with Gasteiger partial charge in [-0.2, -0.15) is 0 Å². The highest BCUT2D eigenvalue weighted by Gasteiger charge is 2.29. The Morgan fingerprint density at radius 3 is 2.95 bits per heavy atom. The zero-order chi connectivity index (χ0) is 15.2. The number of hydrogen-bond acceptors (Lipinski definition) is 4. The van der Waals surface area contributed by atoms with Crippen LogP contribution in [0.25, 0.3) is 0 Å². The fourth-order valence-corrected chi connectivity index (χ4v) is 2.51. The molecule has 1 saturated heterocycles. The predicted molar refractivity (Wildman–Crippen MR) is 73.7 cm³/mol. The molecule has 4 N–H and O–H groups in total. The first kappa shape index (κ1) is 15.3. The monoisotopic (exact) mass is 296 g/mol. The van der Waals surface area contributed by atoms with Crippen LogP contribution in [-0.4, -0.2) is 62.3 Å². The summed E-state index contributed by atoms with van der Waals surface area (Å²) in [7, 11) is 0. The van der Waals surface area contributed by atoms with E-state index in [9.17, 15) is 19.8 Å². The number of urea groups is 1. The minimum absolute atomic E-state index is 0.105. The van der Waals surface area contributed by atoms with Gasteiger partial charge < -0.3 is 25.4 Å². The molecule has 0 saturated carbocycles. The van der Waals surface area contributed by atoms with E-state index < -0.39 is 18.0 Å². The molecule has 0 bridgehead atoms. The van der Waals surface area contributed by atoms with Gasteiger partial charge in [0.2, 0.25) is 0 Å². The molecule has 8 nitrogen and oxygen atoms in total. The van der Waals surface area contributed by atoms with Gasteiger partial charge in [0.25, 0.3) is 0 Å². The van der Waals surface area contributed by atoms with Crippen LogP contribution in [0.4, 0.5) is 4.79 Å². The van der Waals surface area contributed by atoms with Crippen molar-refractivity contribution < 1.29 is 19.8 Å². The van der Waals surface area contributed by atoms with Crippen LogP contribution in [0.2, 0.25) is 0 Å². The Kier molecular flexibility index (Phi) is 5.15. The minimum atomic E-state index is -1.10.